The zero-order valence-electron chi connectivity index (χ0n) is 9.81. The molecule has 0 N–H and O–H groups in total. The molecule has 0 amide bonds. The summed E-state index contributed by atoms with van der Waals surface area (Å²) in [6, 6.07) is 6.44. The van der Waals surface area contributed by atoms with Crippen LogP contribution in [0.1, 0.15) is 37.8 Å². The summed E-state index contributed by atoms with van der Waals surface area (Å²) in [7, 11) is 0. The summed E-state index contributed by atoms with van der Waals surface area (Å²) in [5.41, 5.74) is 3.76. The minimum absolute atomic E-state index is 0.742. The molecule has 1 rings (SSSR count). The van der Waals surface area contributed by atoms with Gasteiger partial charge in [0.1, 0.15) is 0 Å². The number of hydrogen-bond acceptors (Lipinski definition) is 0. The Hall–Kier alpha value is -0.560. The molecule has 0 nitrogen and oxygen atoms in total. The number of hydrogen-bond donors (Lipinski definition) is 0. The third kappa shape index (κ3) is 3.83. The molecule has 82 valence electrons. The number of rotatable bonds is 4. The predicted octanol–water partition coefficient (Wildman–Crippen LogP) is 5.21. The minimum Gasteiger partial charge on any atom is -0.0952 e. The number of halogens is 1. The lowest BCUT2D eigenvalue weighted by molar-refractivity contribution is 0.599. The van der Waals surface area contributed by atoms with Crippen LogP contribution in [0.15, 0.2) is 29.3 Å². The molecule has 0 spiro atoms. The van der Waals surface area contributed by atoms with Crippen molar-refractivity contribution in [2.24, 2.45) is 5.92 Å². The molecule has 0 heterocycles. The summed E-state index contributed by atoms with van der Waals surface area (Å²) < 4.78 is 1.16. The van der Waals surface area contributed by atoms with E-state index in [0.717, 1.165) is 16.8 Å². The summed E-state index contributed by atoms with van der Waals surface area (Å²) in [4.78, 5) is 0. The molecule has 0 fully saturated rings. The van der Waals surface area contributed by atoms with Gasteiger partial charge < -0.3 is 0 Å². The normalized spacial score (nSPS) is 10.7. The fourth-order valence-corrected chi connectivity index (χ4v) is 2.28. The molecule has 0 radical (unpaired) electrons. The van der Waals surface area contributed by atoms with E-state index in [2.05, 4.69) is 61.5 Å². The molecule has 0 aliphatic carbocycles. The zero-order valence-corrected chi connectivity index (χ0v) is 11.4. The van der Waals surface area contributed by atoms with Crippen molar-refractivity contribution >= 4 is 21.5 Å². The molecule has 0 saturated heterocycles. The Labute approximate surface area is 102 Å². The molecule has 1 aromatic rings. The lowest BCUT2D eigenvalue weighted by atomic mass is 9.98. The highest BCUT2D eigenvalue weighted by molar-refractivity contribution is 9.10. The average Bonchev–Trinajstić information content (AvgIpc) is 2.14. The van der Waals surface area contributed by atoms with E-state index in [1.807, 2.05) is 0 Å². The van der Waals surface area contributed by atoms with Gasteiger partial charge in [0.15, 0.2) is 0 Å². The van der Waals surface area contributed by atoms with Crippen molar-refractivity contribution in [2.45, 2.75) is 33.6 Å². The van der Waals surface area contributed by atoms with Crippen molar-refractivity contribution in [3.63, 3.8) is 0 Å². The van der Waals surface area contributed by atoms with E-state index in [9.17, 15) is 0 Å². The first-order valence-corrected chi connectivity index (χ1v) is 6.24. The Kier molecular flexibility index (Phi) is 4.59. The summed E-state index contributed by atoms with van der Waals surface area (Å²) in [5, 5.41) is 0. The van der Waals surface area contributed by atoms with Crippen LogP contribution in [0.2, 0.25) is 0 Å². The largest absolute Gasteiger partial charge is 0.0952 e. The molecule has 0 saturated carbocycles. The van der Waals surface area contributed by atoms with Crippen molar-refractivity contribution in [1.29, 1.82) is 0 Å². The first-order chi connectivity index (χ1) is 7.00. The van der Waals surface area contributed by atoms with Gasteiger partial charge in [0.2, 0.25) is 0 Å². The molecule has 0 aliphatic rings. The zero-order chi connectivity index (χ0) is 11.4. The van der Waals surface area contributed by atoms with Crippen LogP contribution in [-0.4, -0.2) is 0 Å². The van der Waals surface area contributed by atoms with Gasteiger partial charge >= 0.3 is 0 Å². The van der Waals surface area contributed by atoms with Gasteiger partial charge in [0.05, 0.1) is 0 Å². The van der Waals surface area contributed by atoms with Gasteiger partial charge in [-0.2, -0.15) is 0 Å². The van der Waals surface area contributed by atoms with Gasteiger partial charge in [0.25, 0.3) is 0 Å². The molecular weight excluding hydrogens is 248 g/mol. The van der Waals surface area contributed by atoms with Crippen molar-refractivity contribution in [3.05, 3.63) is 40.4 Å². The second-order valence-corrected chi connectivity index (χ2v) is 5.37. The second-order valence-electron chi connectivity index (χ2n) is 4.52. The van der Waals surface area contributed by atoms with Gasteiger partial charge in [0, 0.05) is 4.47 Å². The topological polar surface area (TPSA) is 0 Å². The Balaban J connectivity index is 2.74. The molecule has 0 aliphatic heterocycles. The average molecular weight is 267 g/mol. The SMILES string of the molecule is C=C(CCC(C)C)c1ccc(C)cc1Br. The van der Waals surface area contributed by atoms with E-state index < -0.39 is 0 Å². The molecule has 0 bridgehead atoms. The molecule has 0 unspecified atom stereocenters. The van der Waals surface area contributed by atoms with E-state index in [1.165, 1.54) is 23.1 Å². The van der Waals surface area contributed by atoms with Crippen LogP contribution in [0.5, 0.6) is 0 Å². The maximum atomic E-state index is 4.16. The van der Waals surface area contributed by atoms with Crippen molar-refractivity contribution in [1.82, 2.24) is 0 Å². The first kappa shape index (κ1) is 12.5. The van der Waals surface area contributed by atoms with Crippen LogP contribution < -0.4 is 0 Å². The Morgan fingerprint density at radius 3 is 2.60 bits per heavy atom. The van der Waals surface area contributed by atoms with Crippen LogP contribution in [0.4, 0.5) is 0 Å². The third-order valence-electron chi connectivity index (χ3n) is 2.53. The first-order valence-electron chi connectivity index (χ1n) is 5.45. The molecule has 15 heavy (non-hydrogen) atoms. The van der Waals surface area contributed by atoms with Crippen LogP contribution >= 0.6 is 15.9 Å². The van der Waals surface area contributed by atoms with Crippen molar-refractivity contribution in [2.75, 3.05) is 0 Å². The fraction of sp³-hybridized carbons (Fsp3) is 0.429. The highest BCUT2D eigenvalue weighted by Gasteiger charge is 2.05. The Bertz CT molecular complexity index is 350. The summed E-state index contributed by atoms with van der Waals surface area (Å²) >= 11 is 3.59. The summed E-state index contributed by atoms with van der Waals surface area (Å²) in [5.74, 6) is 0.742. The quantitative estimate of drug-likeness (QED) is 0.702. The number of allylic oxidation sites excluding steroid dienone is 1. The van der Waals surface area contributed by atoms with E-state index >= 15 is 0 Å². The van der Waals surface area contributed by atoms with Crippen molar-refractivity contribution in [3.8, 4) is 0 Å². The smallest absolute Gasteiger partial charge is 0.0252 e. The molecular formula is C14H19Br. The molecule has 1 aromatic carbocycles. The molecule has 0 atom stereocenters. The van der Waals surface area contributed by atoms with Crippen LogP contribution in [0, 0.1) is 12.8 Å². The van der Waals surface area contributed by atoms with E-state index in [1.54, 1.807) is 0 Å². The third-order valence-corrected chi connectivity index (χ3v) is 3.19. The van der Waals surface area contributed by atoms with Crippen LogP contribution in [-0.2, 0) is 0 Å². The fourth-order valence-electron chi connectivity index (χ4n) is 1.50. The number of aryl methyl sites for hydroxylation is 1. The second kappa shape index (κ2) is 5.50. The molecule has 1 heteroatoms. The highest BCUT2D eigenvalue weighted by Crippen LogP contribution is 2.28. The highest BCUT2D eigenvalue weighted by atomic mass is 79.9. The summed E-state index contributed by atoms with van der Waals surface area (Å²) in [6.07, 6.45) is 2.29. The monoisotopic (exact) mass is 266 g/mol. The van der Waals surface area contributed by atoms with Gasteiger partial charge in [-0.05, 0) is 48.4 Å². The lowest BCUT2D eigenvalue weighted by Gasteiger charge is -2.10. The standard InChI is InChI=1S/C14H19Br/c1-10(2)5-7-12(4)13-8-6-11(3)9-14(13)15/h6,8-10H,4-5,7H2,1-3H3. The van der Waals surface area contributed by atoms with E-state index in [0.29, 0.717) is 0 Å². The van der Waals surface area contributed by atoms with Gasteiger partial charge in [-0.3, -0.25) is 0 Å². The Morgan fingerprint density at radius 2 is 2.07 bits per heavy atom. The lowest BCUT2D eigenvalue weighted by Crippen LogP contribution is -1.91. The van der Waals surface area contributed by atoms with Crippen LogP contribution in [0.25, 0.3) is 5.57 Å². The van der Waals surface area contributed by atoms with Gasteiger partial charge in [-0.25, -0.2) is 0 Å². The van der Waals surface area contributed by atoms with Gasteiger partial charge in [-0.15, -0.1) is 0 Å². The minimum atomic E-state index is 0.742. The summed E-state index contributed by atoms with van der Waals surface area (Å²) in [6.45, 7) is 10.8. The van der Waals surface area contributed by atoms with E-state index in [-0.39, 0.29) is 0 Å². The van der Waals surface area contributed by atoms with Crippen LogP contribution in [0.3, 0.4) is 0 Å². The van der Waals surface area contributed by atoms with E-state index in [4.69, 9.17) is 0 Å². The van der Waals surface area contributed by atoms with Gasteiger partial charge in [-0.1, -0.05) is 48.5 Å². The number of benzene rings is 1. The Morgan fingerprint density at radius 1 is 1.40 bits per heavy atom. The predicted molar refractivity (Wildman–Crippen MR) is 72.0 cm³/mol. The van der Waals surface area contributed by atoms with Crippen molar-refractivity contribution < 1.29 is 0 Å². The maximum Gasteiger partial charge on any atom is 0.0252 e. The molecule has 0 aromatic heterocycles. The maximum absolute atomic E-state index is 4.16.